The number of hydrogen-bond acceptors (Lipinski definition) is 4. The molecule has 0 N–H and O–H groups in total. The molecule has 0 atom stereocenters. The summed E-state index contributed by atoms with van der Waals surface area (Å²) < 4.78 is 0. The third-order valence-corrected chi connectivity index (χ3v) is 3.86. The summed E-state index contributed by atoms with van der Waals surface area (Å²) >= 11 is 0. The van der Waals surface area contributed by atoms with E-state index in [1.54, 1.807) is 0 Å². The fraction of sp³-hybridized carbons (Fsp3) is 1.00. The summed E-state index contributed by atoms with van der Waals surface area (Å²) in [5.41, 5.74) is -0.445. The first-order valence-corrected chi connectivity index (χ1v) is 8.46. The molecular formula is C18H36O4. The SMILES string of the molecule is CC(C)(C)OOC1(OOC(C)(C)C)CCC(C(C)(C)C)CC1. The lowest BCUT2D eigenvalue weighted by Crippen LogP contribution is -2.45. The van der Waals surface area contributed by atoms with E-state index in [-0.39, 0.29) is 11.2 Å². The van der Waals surface area contributed by atoms with Gasteiger partial charge in [0.25, 0.3) is 0 Å². The topological polar surface area (TPSA) is 36.9 Å². The average Bonchev–Trinajstić information content (AvgIpc) is 2.32. The summed E-state index contributed by atoms with van der Waals surface area (Å²) in [6.45, 7) is 18.7. The molecule has 0 heterocycles. The lowest BCUT2D eigenvalue weighted by molar-refractivity contribution is -0.546. The monoisotopic (exact) mass is 316 g/mol. The highest BCUT2D eigenvalue weighted by Gasteiger charge is 2.44. The molecule has 0 aromatic heterocycles. The Labute approximate surface area is 136 Å². The van der Waals surface area contributed by atoms with Gasteiger partial charge in [0.05, 0.1) is 11.2 Å². The summed E-state index contributed by atoms with van der Waals surface area (Å²) in [6, 6.07) is 0. The van der Waals surface area contributed by atoms with Gasteiger partial charge in [0.1, 0.15) is 0 Å². The molecule has 1 aliphatic rings. The summed E-state index contributed by atoms with van der Waals surface area (Å²) in [6.07, 6.45) is 3.65. The maximum Gasteiger partial charge on any atom is 0.234 e. The third-order valence-electron chi connectivity index (χ3n) is 3.86. The standard InChI is InChI=1S/C18H36O4/c1-15(2,3)14-10-12-18(13-11-14,21-19-16(4,5)6)22-20-17(7,8)9/h14H,10-13H2,1-9H3. The minimum Gasteiger partial charge on any atom is -0.228 e. The van der Waals surface area contributed by atoms with Gasteiger partial charge in [-0.25, -0.2) is 9.78 Å². The Balaban J connectivity index is 2.72. The van der Waals surface area contributed by atoms with Crippen molar-refractivity contribution in [3.8, 4) is 0 Å². The molecule has 1 fully saturated rings. The summed E-state index contributed by atoms with van der Waals surface area (Å²) in [5.74, 6) is -0.139. The molecule has 0 spiro atoms. The van der Waals surface area contributed by atoms with E-state index < -0.39 is 5.79 Å². The maximum atomic E-state index is 5.74. The summed E-state index contributed by atoms with van der Waals surface area (Å²) in [4.78, 5) is 22.6. The molecular weight excluding hydrogens is 280 g/mol. The van der Waals surface area contributed by atoms with Crippen LogP contribution in [-0.4, -0.2) is 17.0 Å². The van der Waals surface area contributed by atoms with Gasteiger partial charge < -0.3 is 0 Å². The van der Waals surface area contributed by atoms with Gasteiger partial charge in [0, 0.05) is 12.8 Å². The summed E-state index contributed by atoms with van der Waals surface area (Å²) in [5, 5.41) is 0. The van der Waals surface area contributed by atoms with Gasteiger partial charge in [0.2, 0.25) is 5.79 Å². The molecule has 0 bridgehead atoms. The molecule has 4 nitrogen and oxygen atoms in total. The Morgan fingerprint density at radius 3 is 1.32 bits per heavy atom. The first-order valence-electron chi connectivity index (χ1n) is 8.46. The molecule has 0 unspecified atom stereocenters. The normalized spacial score (nSPS) is 21.1. The van der Waals surface area contributed by atoms with Crippen molar-refractivity contribution in [2.24, 2.45) is 11.3 Å². The van der Waals surface area contributed by atoms with Gasteiger partial charge >= 0.3 is 0 Å². The zero-order valence-corrected chi connectivity index (χ0v) is 16.0. The van der Waals surface area contributed by atoms with Crippen molar-refractivity contribution in [3.63, 3.8) is 0 Å². The van der Waals surface area contributed by atoms with E-state index in [9.17, 15) is 0 Å². The lowest BCUT2D eigenvalue weighted by Gasteiger charge is -2.43. The van der Waals surface area contributed by atoms with Crippen LogP contribution in [0.3, 0.4) is 0 Å². The third kappa shape index (κ3) is 6.95. The highest BCUT2D eigenvalue weighted by Crippen LogP contribution is 2.44. The first kappa shape index (κ1) is 19.9. The van der Waals surface area contributed by atoms with Crippen LogP contribution in [0.25, 0.3) is 0 Å². The Morgan fingerprint density at radius 1 is 0.682 bits per heavy atom. The van der Waals surface area contributed by atoms with Crippen LogP contribution in [0.5, 0.6) is 0 Å². The van der Waals surface area contributed by atoms with E-state index in [1.807, 2.05) is 41.5 Å². The quantitative estimate of drug-likeness (QED) is 0.394. The van der Waals surface area contributed by atoms with Crippen LogP contribution >= 0.6 is 0 Å². The smallest absolute Gasteiger partial charge is 0.228 e. The second-order valence-corrected chi connectivity index (χ2v) is 9.61. The largest absolute Gasteiger partial charge is 0.234 e. The lowest BCUT2D eigenvalue weighted by atomic mass is 9.71. The molecule has 0 saturated heterocycles. The minimum absolute atomic E-state index is 0.307. The molecule has 0 amide bonds. The molecule has 1 aliphatic carbocycles. The summed E-state index contributed by atoms with van der Waals surface area (Å²) in [7, 11) is 0. The van der Waals surface area contributed by atoms with E-state index in [0.717, 1.165) is 25.7 Å². The van der Waals surface area contributed by atoms with Gasteiger partial charge in [-0.15, -0.1) is 0 Å². The van der Waals surface area contributed by atoms with E-state index >= 15 is 0 Å². The van der Waals surface area contributed by atoms with Gasteiger partial charge in [-0.2, -0.15) is 9.78 Å². The fourth-order valence-electron chi connectivity index (χ4n) is 2.51. The second-order valence-electron chi connectivity index (χ2n) is 9.61. The molecule has 22 heavy (non-hydrogen) atoms. The number of hydrogen-bond donors (Lipinski definition) is 0. The van der Waals surface area contributed by atoms with Crippen LogP contribution < -0.4 is 0 Å². The Hall–Kier alpha value is -0.160. The molecule has 0 radical (unpaired) electrons. The predicted octanol–water partition coefficient (Wildman–Crippen LogP) is 5.41. The first-order chi connectivity index (χ1) is 9.73. The average molecular weight is 316 g/mol. The van der Waals surface area contributed by atoms with Gasteiger partial charge in [0.15, 0.2) is 0 Å². The fourth-order valence-corrected chi connectivity index (χ4v) is 2.51. The zero-order valence-electron chi connectivity index (χ0n) is 16.0. The molecule has 4 heteroatoms. The van der Waals surface area contributed by atoms with Gasteiger partial charge in [-0.05, 0) is 65.7 Å². The van der Waals surface area contributed by atoms with Crippen LogP contribution in [0.4, 0.5) is 0 Å². The Bertz CT molecular complexity index is 316. The minimum atomic E-state index is -0.803. The predicted molar refractivity (Wildman–Crippen MR) is 88.0 cm³/mol. The van der Waals surface area contributed by atoms with Gasteiger partial charge in [-0.3, -0.25) is 0 Å². The van der Waals surface area contributed by atoms with Crippen LogP contribution in [0.1, 0.15) is 88.0 Å². The Morgan fingerprint density at radius 2 is 1.05 bits per heavy atom. The van der Waals surface area contributed by atoms with Crippen molar-refractivity contribution in [2.75, 3.05) is 0 Å². The molecule has 0 aromatic rings. The van der Waals surface area contributed by atoms with Crippen molar-refractivity contribution in [1.82, 2.24) is 0 Å². The van der Waals surface area contributed by atoms with Gasteiger partial charge in [-0.1, -0.05) is 20.8 Å². The van der Waals surface area contributed by atoms with Crippen molar-refractivity contribution in [3.05, 3.63) is 0 Å². The van der Waals surface area contributed by atoms with Crippen molar-refractivity contribution in [1.29, 1.82) is 0 Å². The van der Waals surface area contributed by atoms with E-state index in [2.05, 4.69) is 20.8 Å². The van der Waals surface area contributed by atoms with Crippen LogP contribution in [0.2, 0.25) is 0 Å². The molecule has 0 aliphatic heterocycles. The second kappa shape index (κ2) is 6.76. The van der Waals surface area contributed by atoms with E-state index in [0.29, 0.717) is 11.3 Å². The highest BCUT2D eigenvalue weighted by molar-refractivity contribution is 4.84. The molecule has 1 saturated carbocycles. The molecule has 1 rings (SSSR count). The number of rotatable bonds is 4. The maximum absolute atomic E-state index is 5.74. The highest BCUT2D eigenvalue weighted by atomic mass is 17.3. The van der Waals surface area contributed by atoms with Crippen LogP contribution in [0.15, 0.2) is 0 Å². The van der Waals surface area contributed by atoms with Crippen LogP contribution in [0, 0.1) is 11.3 Å². The molecule has 0 aromatic carbocycles. The Kier molecular flexibility index (Phi) is 6.11. The molecule has 132 valence electrons. The zero-order chi connectivity index (χ0) is 17.2. The van der Waals surface area contributed by atoms with Crippen molar-refractivity contribution >= 4 is 0 Å². The van der Waals surface area contributed by atoms with Crippen molar-refractivity contribution in [2.45, 2.75) is 105 Å². The van der Waals surface area contributed by atoms with Crippen molar-refractivity contribution < 1.29 is 19.6 Å². The van der Waals surface area contributed by atoms with E-state index in [4.69, 9.17) is 19.6 Å². The van der Waals surface area contributed by atoms with Crippen LogP contribution in [-0.2, 0) is 19.6 Å². The van der Waals surface area contributed by atoms with E-state index in [1.165, 1.54) is 0 Å².